The first-order valence-electron chi connectivity index (χ1n) is 31.7. The Kier molecular flexibility index (Phi) is 12.7. The predicted molar refractivity (Wildman–Crippen MR) is 384 cm³/mol. The van der Waals surface area contributed by atoms with Crippen LogP contribution in [0.25, 0.3) is 76.2 Å². The maximum Gasteiger partial charge on any atom is 0.343 e. The number of anilines is 8. The highest BCUT2D eigenvalue weighted by Crippen LogP contribution is 2.56. The summed E-state index contributed by atoms with van der Waals surface area (Å²) < 4.78 is 17.2. The van der Waals surface area contributed by atoms with Crippen LogP contribution in [0.15, 0.2) is 209 Å². The second-order valence-corrected chi connectivity index (χ2v) is 31.4. The number of furan rings is 2. The van der Waals surface area contributed by atoms with E-state index in [1.807, 2.05) is 11.3 Å². The molecule has 0 aliphatic carbocycles. The van der Waals surface area contributed by atoms with Crippen molar-refractivity contribution in [2.45, 2.75) is 131 Å². The van der Waals surface area contributed by atoms with E-state index in [1.165, 1.54) is 70.5 Å². The van der Waals surface area contributed by atoms with E-state index >= 15 is 0 Å². The van der Waals surface area contributed by atoms with E-state index in [9.17, 15) is 0 Å². The predicted octanol–water partition coefficient (Wildman–Crippen LogP) is 23.0. The molecule has 5 nitrogen and oxygen atoms in total. The summed E-state index contributed by atoms with van der Waals surface area (Å²) in [6, 6.07) is 75.8. The molecule has 7 heteroatoms. The molecule has 0 saturated heterocycles. The van der Waals surface area contributed by atoms with Crippen molar-refractivity contribution in [2.75, 3.05) is 14.6 Å². The molecule has 89 heavy (non-hydrogen) atoms. The summed E-state index contributed by atoms with van der Waals surface area (Å²) in [6.07, 6.45) is 0. The molecular weight excluding hydrogens is 1100 g/mol. The highest BCUT2D eigenvalue weighted by atomic mass is 32.1. The lowest BCUT2D eigenvalue weighted by atomic mass is 9.46. The van der Waals surface area contributed by atoms with Gasteiger partial charge in [0.1, 0.15) is 16.7 Å². The van der Waals surface area contributed by atoms with Gasteiger partial charge in [-0.1, -0.05) is 201 Å². The molecule has 3 aromatic heterocycles. The van der Waals surface area contributed by atoms with E-state index < -0.39 is 0 Å². The minimum absolute atomic E-state index is 0.0167. The van der Waals surface area contributed by atoms with Gasteiger partial charge in [0, 0.05) is 82.0 Å². The molecule has 0 radical (unpaired) electrons. The third-order valence-electron chi connectivity index (χ3n) is 19.0. The van der Waals surface area contributed by atoms with E-state index in [2.05, 4.69) is 319 Å². The van der Waals surface area contributed by atoms with E-state index in [0.29, 0.717) is 0 Å². The van der Waals surface area contributed by atoms with Gasteiger partial charge in [0.05, 0.1) is 17.1 Å². The van der Waals surface area contributed by atoms with E-state index in [-0.39, 0.29) is 33.9 Å². The Bertz CT molecular complexity index is 4920. The van der Waals surface area contributed by atoms with Crippen molar-refractivity contribution >= 4 is 128 Å². The van der Waals surface area contributed by atoms with Crippen molar-refractivity contribution < 1.29 is 8.83 Å². The van der Waals surface area contributed by atoms with Crippen LogP contribution in [-0.4, -0.2) is 6.85 Å². The minimum atomic E-state index is -0.266. The topological polar surface area (TPSA) is 36.0 Å². The molecule has 0 amide bonds. The van der Waals surface area contributed by atoms with Gasteiger partial charge in [-0.25, -0.2) is 0 Å². The highest BCUT2D eigenvalue weighted by molar-refractivity contribution is 7.32. The van der Waals surface area contributed by atoms with Crippen LogP contribution in [0.1, 0.15) is 132 Å². The number of benzene rings is 10. The van der Waals surface area contributed by atoms with E-state index in [4.69, 9.17) is 8.83 Å². The number of thiophene rings is 1. The third kappa shape index (κ3) is 9.31. The fourth-order valence-electron chi connectivity index (χ4n) is 13.9. The quantitative estimate of drug-likeness (QED) is 0.155. The molecule has 0 spiro atoms. The van der Waals surface area contributed by atoms with Gasteiger partial charge in [-0.15, -0.1) is 11.3 Å². The molecule has 10 aromatic carbocycles. The average Bonchev–Trinajstić information content (AvgIpc) is 1.64. The number of fused-ring (bicyclic) bond motifs is 13. The lowest BCUT2D eigenvalue weighted by Crippen LogP contribution is -2.60. The highest BCUT2D eigenvalue weighted by Gasteiger charge is 2.49. The number of hydrogen-bond acceptors (Lipinski definition) is 6. The molecule has 15 rings (SSSR count). The smallest absolute Gasteiger partial charge is 0.343 e. The van der Waals surface area contributed by atoms with Crippen LogP contribution in [0.2, 0.25) is 0 Å². The van der Waals surface area contributed by atoms with Crippen molar-refractivity contribution in [3.8, 4) is 22.3 Å². The molecule has 0 saturated carbocycles. The lowest BCUT2D eigenvalue weighted by Gasteiger charge is -2.45. The van der Waals surface area contributed by atoms with Crippen LogP contribution >= 0.6 is 11.3 Å². The molecule has 5 heterocycles. The standard InChI is InChI=1S/C82H78BN3O2S/c1-78(2,3)50-25-33-55(34-26-50)84(56-35-27-51(28-36-56)79(4,5)6)58-39-41-70-62(45-58)63-46-61-64-47-65-59-23-19-20-24-69(59)88-76(65)75-73(64)83(86(68(61)48-71(63)87-70)57-37-29-52(30-38-57)80(7,8)9)77-74(66-44-54(82(13,14)15)32-42-72(66)89-77)85(75)67-40-31-53(81(10,11)12)43-60(67)49-21-17-16-18-22-49/h16-48H,1-15H3. The van der Waals surface area contributed by atoms with Gasteiger partial charge in [0.25, 0.3) is 0 Å². The van der Waals surface area contributed by atoms with Crippen molar-refractivity contribution in [3.05, 3.63) is 228 Å². The summed E-state index contributed by atoms with van der Waals surface area (Å²) >= 11 is 1.93. The monoisotopic (exact) mass is 1180 g/mol. The molecule has 13 aromatic rings. The first-order valence-corrected chi connectivity index (χ1v) is 32.6. The van der Waals surface area contributed by atoms with Gasteiger partial charge in [-0.2, -0.15) is 0 Å². The maximum absolute atomic E-state index is 7.46. The average molecular weight is 1180 g/mol. The summed E-state index contributed by atoms with van der Waals surface area (Å²) in [4.78, 5) is 7.67. The molecule has 0 fully saturated rings. The second-order valence-electron chi connectivity index (χ2n) is 30.3. The van der Waals surface area contributed by atoms with Gasteiger partial charge < -0.3 is 23.4 Å². The first kappa shape index (κ1) is 56.7. The largest absolute Gasteiger partial charge is 0.456 e. The Morgan fingerprint density at radius 3 is 1.53 bits per heavy atom. The number of hydrogen-bond donors (Lipinski definition) is 0. The Hall–Kier alpha value is -8.78. The molecule has 2 aliphatic heterocycles. The summed E-state index contributed by atoms with van der Waals surface area (Å²) in [5.41, 5.74) is 24.4. The van der Waals surface area contributed by atoms with Crippen molar-refractivity contribution in [1.82, 2.24) is 0 Å². The molecule has 0 atom stereocenters. The number of nitrogens with zero attached hydrogens (tertiary/aromatic N) is 3. The van der Waals surface area contributed by atoms with E-state index in [1.54, 1.807) is 0 Å². The maximum atomic E-state index is 7.46. The Balaban J connectivity index is 1.06. The molecule has 2 aliphatic rings. The SMILES string of the molecule is CC(C)(C)c1ccc(N2B3c4sc5ccc(C(C)(C)C)cc5c4N(c4ccc(C(C)(C)C)cc4-c4ccccc4)c4c3c(cc3c4oc4ccccc43)-c3cc4c(cc32)oc2ccc(N(c3ccc(C(C)(C)C)cc3)c3ccc(C(C)(C)C)cc3)cc24)cc1. The lowest BCUT2D eigenvalue weighted by molar-refractivity contribution is 0.590. The van der Waals surface area contributed by atoms with Gasteiger partial charge >= 0.3 is 6.85 Å². The van der Waals surface area contributed by atoms with Crippen LogP contribution in [0.3, 0.4) is 0 Å². The summed E-state index contributed by atoms with van der Waals surface area (Å²) in [7, 11) is 0. The zero-order valence-corrected chi connectivity index (χ0v) is 55.0. The van der Waals surface area contributed by atoms with Gasteiger partial charge in [-0.05, 0) is 169 Å². The molecule has 442 valence electrons. The summed E-state index contributed by atoms with van der Waals surface area (Å²) in [5, 5.41) is 5.53. The Morgan fingerprint density at radius 1 is 0.371 bits per heavy atom. The zero-order chi connectivity index (χ0) is 62.0. The summed E-state index contributed by atoms with van der Waals surface area (Å²) in [6.45, 7) is 34.3. The third-order valence-corrected chi connectivity index (χ3v) is 20.2. The van der Waals surface area contributed by atoms with Crippen molar-refractivity contribution in [1.29, 1.82) is 0 Å². The summed E-state index contributed by atoms with van der Waals surface area (Å²) in [5.74, 6) is 0. The van der Waals surface area contributed by atoms with Crippen molar-refractivity contribution in [3.63, 3.8) is 0 Å². The molecule has 0 unspecified atom stereocenters. The number of para-hydroxylation sites is 1. The van der Waals surface area contributed by atoms with Crippen LogP contribution in [0.4, 0.5) is 45.5 Å². The fraction of sp³-hybridized carbons (Fsp3) is 0.244. The normalized spacial score (nSPS) is 13.7. The van der Waals surface area contributed by atoms with Crippen LogP contribution in [0, 0.1) is 0 Å². The second kappa shape index (κ2) is 19.9. The molecule has 0 bridgehead atoms. The first-order chi connectivity index (χ1) is 42.3. The zero-order valence-electron chi connectivity index (χ0n) is 54.2. The van der Waals surface area contributed by atoms with Crippen LogP contribution in [-0.2, 0) is 27.1 Å². The van der Waals surface area contributed by atoms with Gasteiger partial charge in [0.15, 0.2) is 5.58 Å². The van der Waals surface area contributed by atoms with Gasteiger partial charge in [-0.3, -0.25) is 0 Å². The van der Waals surface area contributed by atoms with E-state index in [0.717, 1.165) is 89.3 Å². The molecule has 0 N–H and O–H groups in total. The van der Waals surface area contributed by atoms with Crippen LogP contribution in [0.5, 0.6) is 0 Å². The molecular formula is C82H78BN3O2S. The number of rotatable bonds is 6. The Morgan fingerprint density at radius 2 is 0.899 bits per heavy atom. The fourth-order valence-corrected chi connectivity index (χ4v) is 15.2. The van der Waals surface area contributed by atoms with Crippen molar-refractivity contribution in [2.24, 2.45) is 0 Å². The van der Waals surface area contributed by atoms with Gasteiger partial charge in [0.2, 0.25) is 0 Å². The van der Waals surface area contributed by atoms with Crippen LogP contribution < -0.4 is 24.9 Å². The minimum Gasteiger partial charge on any atom is -0.456 e. The Labute approximate surface area is 529 Å².